The third-order valence-electron chi connectivity index (χ3n) is 3.56. The van der Waals surface area contributed by atoms with Gasteiger partial charge in [-0.25, -0.2) is 14.9 Å². The van der Waals surface area contributed by atoms with Gasteiger partial charge in [-0.1, -0.05) is 37.3 Å². The minimum absolute atomic E-state index is 0.0449. The van der Waals surface area contributed by atoms with Crippen LogP contribution in [0, 0.1) is 13.8 Å². The maximum Gasteiger partial charge on any atom is 0.311 e. The third kappa shape index (κ3) is 3.15. The number of aromatic nitrogens is 4. The van der Waals surface area contributed by atoms with Crippen molar-refractivity contribution in [3.05, 3.63) is 59.2 Å². The molecule has 3 aromatic rings. The van der Waals surface area contributed by atoms with Gasteiger partial charge in [0.2, 0.25) is 5.82 Å². The molecule has 0 aliphatic rings. The van der Waals surface area contributed by atoms with Gasteiger partial charge in [0.1, 0.15) is 0 Å². The largest absolute Gasteiger partial charge is 0.311 e. The molecule has 0 radical (unpaired) electrons. The van der Waals surface area contributed by atoms with E-state index in [1.54, 1.807) is 4.52 Å². The summed E-state index contributed by atoms with van der Waals surface area (Å²) in [6, 6.07) is 11.6. The van der Waals surface area contributed by atoms with E-state index < -0.39 is 5.91 Å². The number of hydrogen-bond donors (Lipinski definition) is 1. The molecule has 0 aliphatic carbocycles. The fourth-order valence-corrected chi connectivity index (χ4v) is 2.41. The minimum atomic E-state index is -0.459. The fraction of sp³-hybridized carbons (Fsp3) is 0.235. The highest BCUT2D eigenvalue weighted by atomic mass is 16.2. The second-order valence-corrected chi connectivity index (χ2v) is 5.41. The maximum absolute atomic E-state index is 12.3. The SMILES string of the molecule is CC/C(=N\NC(=O)c1nc2nc(C)cc(C)n2n1)c1ccccc1. The molecule has 24 heavy (non-hydrogen) atoms. The van der Waals surface area contributed by atoms with E-state index in [1.165, 1.54) is 0 Å². The fourth-order valence-electron chi connectivity index (χ4n) is 2.41. The molecule has 0 unspecified atom stereocenters. The smallest absolute Gasteiger partial charge is 0.264 e. The summed E-state index contributed by atoms with van der Waals surface area (Å²) in [7, 11) is 0. The lowest BCUT2D eigenvalue weighted by Crippen LogP contribution is -2.21. The molecule has 1 N–H and O–H groups in total. The summed E-state index contributed by atoms with van der Waals surface area (Å²) >= 11 is 0. The molecule has 0 atom stereocenters. The quantitative estimate of drug-likeness (QED) is 0.590. The van der Waals surface area contributed by atoms with E-state index in [0.717, 1.165) is 22.7 Å². The number of carbonyl (C=O) groups is 1. The van der Waals surface area contributed by atoms with Crippen molar-refractivity contribution in [3.8, 4) is 0 Å². The number of nitrogens with one attached hydrogen (secondary N) is 1. The summed E-state index contributed by atoms with van der Waals surface area (Å²) in [6.45, 7) is 5.75. The molecule has 1 aromatic carbocycles. The van der Waals surface area contributed by atoms with E-state index in [1.807, 2.05) is 57.2 Å². The molecule has 0 saturated heterocycles. The van der Waals surface area contributed by atoms with Gasteiger partial charge in [-0.15, -0.1) is 5.10 Å². The Balaban J connectivity index is 1.84. The van der Waals surface area contributed by atoms with E-state index >= 15 is 0 Å². The van der Waals surface area contributed by atoms with Gasteiger partial charge >= 0.3 is 5.91 Å². The third-order valence-corrected chi connectivity index (χ3v) is 3.56. The van der Waals surface area contributed by atoms with Crippen LogP contribution < -0.4 is 5.43 Å². The second kappa shape index (κ2) is 6.57. The Morgan fingerprint density at radius 1 is 1.21 bits per heavy atom. The number of nitrogens with zero attached hydrogens (tertiary/aromatic N) is 5. The van der Waals surface area contributed by atoms with E-state index in [0.29, 0.717) is 12.2 Å². The Hall–Kier alpha value is -3.09. The van der Waals surface area contributed by atoms with Crippen molar-refractivity contribution in [1.29, 1.82) is 0 Å². The number of aryl methyl sites for hydroxylation is 2. The highest BCUT2D eigenvalue weighted by molar-refractivity contribution is 6.01. The van der Waals surface area contributed by atoms with Crippen molar-refractivity contribution in [3.63, 3.8) is 0 Å². The van der Waals surface area contributed by atoms with Crippen LogP contribution in [0.1, 0.15) is 40.9 Å². The lowest BCUT2D eigenvalue weighted by molar-refractivity contribution is 0.0944. The molecule has 0 bridgehead atoms. The number of benzene rings is 1. The van der Waals surface area contributed by atoms with E-state index in [9.17, 15) is 4.79 Å². The number of hydrogen-bond acceptors (Lipinski definition) is 5. The predicted molar refractivity (Wildman–Crippen MR) is 91.0 cm³/mol. The summed E-state index contributed by atoms with van der Waals surface area (Å²) in [6.07, 6.45) is 0.697. The Kier molecular flexibility index (Phi) is 4.33. The average Bonchev–Trinajstić information content (AvgIpc) is 3.00. The van der Waals surface area contributed by atoms with Gasteiger partial charge in [0.15, 0.2) is 0 Å². The zero-order chi connectivity index (χ0) is 17.1. The van der Waals surface area contributed by atoms with Gasteiger partial charge in [0.25, 0.3) is 5.78 Å². The summed E-state index contributed by atoms with van der Waals surface area (Å²) in [5, 5.41) is 8.40. The molecule has 0 saturated carbocycles. The first-order valence-corrected chi connectivity index (χ1v) is 7.72. The van der Waals surface area contributed by atoms with Crippen LogP contribution in [0.5, 0.6) is 0 Å². The molecule has 1 amide bonds. The van der Waals surface area contributed by atoms with Crippen LogP contribution in [-0.2, 0) is 0 Å². The number of hydrazone groups is 1. The Bertz CT molecular complexity index is 913. The van der Waals surface area contributed by atoms with E-state index in [-0.39, 0.29) is 5.82 Å². The van der Waals surface area contributed by atoms with Crippen LogP contribution in [0.2, 0.25) is 0 Å². The van der Waals surface area contributed by atoms with Gasteiger partial charge < -0.3 is 0 Å². The Morgan fingerprint density at radius 2 is 1.96 bits per heavy atom. The van der Waals surface area contributed by atoms with Gasteiger partial charge in [0, 0.05) is 11.4 Å². The normalized spacial score (nSPS) is 11.7. The summed E-state index contributed by atoms with van der Waals surface area (Å²) in [4.78, 5) is 20.7. The molecular weight excluding hydrogens is 304 g/mol. The molecule has 2 heterocycles. The van der Waals surface area contributed by atoms with Crippen LogP contribution >= 0.6 is 0 Å². The molecule has 3 rings (SSSR count). The Labute approximate surface area is 139 Å². The summed E-state index contributed by atoms with van der Waals surface area (Å²) < 4.78 is 1.55. The monoisotopic (exact) mass is 322 g/mol. The van der Waals surface area contributed by atoms with Gasteiger partial charge in [-0.3, -0.25) is 4.79 Å². The van der Waals surface area contributed by atoms with Crippen molar-refractivity contribution in [2.75, 3.05) is 0 Å². The summed E-state index contributed by atoms with van der Waals surface area (Å²) in [5.74, 6) is -0.0108. The highest BCUT2D eigenvalue weighted by Crippen LogP contribution is 2.06. The van der Waals surface area contributed by atoms with E-state index in [2.05, 4.69) is 25.6 Å². The van der Waals surface area contributed by atoms with Gasteiger partial charge in [-0.2, -0.15) is 10.1 Å². The number of carbonyl (C=O) groups excluding carboxylic acids is 1. The van der Waals surface area contributed by atoms with E-state index in [4.69, 9.17) is 0 Å². The first kappa shape index (κ1) is 15.8. The van der Waals surface area contributed by atoms with Crippen molar-refractivity contribution in [2.45, 2.75) is 27.2 Å². The van der Waals surface area contributed by atoms with Crippen LogP contribution in [-0.4, -0.2) is 31.2 Å². The van der Waals surface area contributed by atoms with Crippen LogP contribution in [0.3, 0.4) is 0 Å². The zero-order valence-corrected chi connectivity index (χ0v) is 13.8. The molecule has 7 heteroatoms. The standard InChI is InChI=1S/C17H18N6O/c1-4-14(13-8-6-5-7-9-13)20-21-16(24)15-19-17-18-11(2)10-12(3)23(17)22-15/h5-10H,4H2,1-3H3,(H,21,24)/b20-14+. The molecule has 122 valence electrons. The summed E-state index contributed by atoms with van der Waals surface area (Å²) in [5.41, 5.74) is 5.98. The predicted octanol–water partition coefficient (Wildman–Crippen LogP) is 2.29. The van der Waals surface area contributed by atoms with Crippen LogP contribution in [0.15, 0.2) is 41.5 Å². The van der Waals surface area contributed by atoms with Gasteiger partial charge in [-0.05, 0) is 31.9 Å². The lowest BCUT2D eigenvalue weighted by Gasteiger charge is -2.03. The molecule has 2 aromatic heterocycles. The molecule has 0 aliphatic heterocycles. The molecule has 0 spiro atoms. The topological polar surface area (TPSA) is 84.5 Å². The Morgan fingerprint density at radius 3 is 2.67 bits per heavy atom. The van der Waals surface area contributed by atoms with Crippen LogP contribution in [0.4, 0.5) is 0 Å². The first-order chi connectivity index (χ1) is 11.6. The lowest BCUT2D eigenvalue weighted by atomic mass is 10.1. The second-order valence-electron chi connectivity index (χ2n) is 5.41. The first-order valence-electron chi connectivity index (χ1n) is 7.72. The van der Waals surface area contributed by atoms with Crippen LogP contribution in [0.25, 0.3) is 5.78 Å². The van der Waals surface area contributed by atoms with Crippen molar-refractivity contribution < 1.29 is 4.79 Å². The zero-order valence-electron chi connectivity index (χ0n) is 13.8. The minimum Gasteiger partial charge on any atom is -0.264 e. The molecule has 7 nitrogen and oxygen atoms in total. The number of amides is 1. The van der Waals surface area contributed by atoms with Crippen molar-refractivity contribution in [1.82, 2.24) is 25.0 Å². The number of rotatable bonds is 4. The molecular formula is C17H18N6O. The number of fused-ring (bicyclic) bond motifs is 1. The molecule has 0 fully saturated rings. The highest BCUT2D eigenvalue weighted by Gasteiger charge is 2.15. The average molecular weight is 322 g/mol. The van der Waals surface area contributed by atoms with Crippen molar-refractivity contribution in [2.24, 2.45) is 5.10 Å². The van der Waals surface area contributed by atoms with Crippen molar-refractivity contribution >= 4 is 17.4 Å². The van der Waals surface area contributed by atoms with Gasteiger partial charge in [0.05, 0.1) is 5.71 Å². The maximum atomic E-state index is 12.3.